The molecule has 1 atom stereocenters. The quantitative estimate of drug-likeness (QED) is 0.921. The predicted octanol–water partition coefficient (Wildman–Crippen LogP) is 2.80. The van der Waals surface area contributed by atoms with Crippen molar-refractivity contribution in [2.45, 2.75) is 44.1 Å². The molecule has 2 aliphatic rings. The Morgan fingerprint density at radius 1 is 1.21 bits per heavy atom. The minimum atomic E-state index is -0.780. The molecule has 1 unspecified atom stereocenters. The van der Waals surface area contributed by atoms with Gasteiger partial charge in [0, 0.05) is 37.1 Å². The van der Waals surface area contributed by atoms with Gasteiger partial charge in [-0.25, -0.2) is 4.79 Å². The van der Waals surface area contributed by atoms with Crippen LogP contribution in [-0.2, 0) is 0 Å². The van der Waals surface area contributed by atoms with Crippen LogP contribution < -0.4 is 4.74 Å². The summed E-state index contributed by atoms with van der Waals surface area (Å²) in [7, 11) is 1.72. The number of methoxy groups -OCH3 is 1. The molecule has 1 aromatic rings. The number of aromatic nitrogens is 1. The fourth-order valence-electron chi connectivity index (χ4n) is 4.10. The molecule has 0 bridgehead atoms. The van der Waals surface area contributed by atoms with E-state index in [-0.39, 0.29) is 0 Å². The van der Waals surface area contributed by atoms with Crippen molar-refractivity contribution < 1.29 is 14.6 Å². The lowest BCUT2D eigenvalue weighted by Crippen LogP contribution is -2.41. The molecule has 2 aliphatic heterocycles. The molecule has 1 aromatic heterocycles. The third-order valence-electron chi connectivity index (χ3n) is 5.48. The van der Waals surface area contributed by atoms with Crippen LogP contribution in [0.5, 0.6) is 5.75 Å². The third-order valence-corrected chi connectivity index (χ3v) is 5.48. The van der Waals surface area contributed by atoms with Gasteiger partial charge in [-0.2, -0.15) is 0 Å². The molecule has 0 spiro atoms. The topological polar surface area (TPSA) is 65.9 Å². The summed E-state index contributed by atoms with van der Waals surface area (Å²) in [4.78, 5) is 19.5. The van der Waals surface area contributed by atoms with Crippen LogP contribution in [0, 0.1) is 0 Å². The highest BCUT2D eigenvalue weighted by molar-refractivity contribution is 5.64. The summed E-state index contributed by atoms with van der Waals surface area (Å²) in [5, 5.41) is 9.16. The lowest BCUT2D eigenvalue weighted by Gasteiger charge is -2.37. The highest BCUT2D eigenvalue weighted by Gasteiger charge is 2.29. The molecule has 132 valence electrons. The second-order valence-electron chi connectivity index (χ2n) is 6.78. The smallest absolute Gasteiger partial charge is 0.407 e. The van der Waals surface area contributed by atoms with Gasteiger partial charge < -0.3 is 19.6 Å². The van der Waals surface area contributed by atoms with E-state index in [4.69, 9.17) is 9.84 Å². The fraction of sp³-hybridized carbons (Fsp3) is 0.667. The minimum absolute atomic E-state index is 0.506. The number of carbonyl (C=O) groups is 1. The zero-order valence-electron chi connectivity index (χ0n) is 14.4. The van der Waals surface area contributed by atoms with Gasteiger partial charge >= 0.3 is 6.09 Å². The lowest BCUT2D eigenvalue weighted by atomic mass is 9.88. The summed E-state index contributed by atoms with van der Waals surface area (Å²) in [6, 6.07) is 2.46. The van der Waals surface area contributed by atoms with Gasteiger partial charge in [0.2, 0.25) is 0 Å². The molecule has 2 fully saturated rings. The maximum atomic E-state index is 11.1. The van der Waals surface area contributed by atoms with Crippen LogP contribution in [0.25, 0.3) is 0 Å². The molecule has 3 heterocycles. The Labute approximate surface area is 143 Å². The van der Waals surface area contributed by atoms with E-state index in [1.54, 1.807) is 18.2 Å². The van der Waals surface area contributed by atoms with Gasteiger partial charge in [-0.05, 0) is 57.2 Å². The molecule has 0 saturated carbocycles. The fourth-order valence-corrected chi connectivity index (χ4v) is 4.10. The Hall–Kier alpha value is -1.82. The molecular formula is C18H27N3O3. The second-order valence-corrected chi connectivity index (χ2v) is 6.78. The average molecular weight is 333 g/mol. The number of carboxylic acid groups (broad SMARTS) is 1. The van der Waals surface area contributed by atoms with E-state index in [1.165, 1.54) is 5.56 Å². The number of hydrogen-bond acceptors (Lipinski definition) is 4. The van der Waals surface area contributed by atoms with Crippen LogP contribution in [-0.4, -0.2) is 65.3 Å². The molecular weight excluding hydrogens is 306 g/mol. The summed E-state index contributed by atoms with van der Waals surface area (Å²) in [6.45, 7) is 3.48. The van der Waals surface area contributed by atoms with Gasteiger partial charge in [0.05, 0.1) is 7.11 Å². The molecule has 0 radical (unpaired) electrons. The first kappa shape index (κ1) is 17.0. The molecule has 1 N–H and O–H groups in total. The van der Waals surface area contributed by atoms with E-state index >= 15 is 0 Å². The number of piperidine rings is 1. The van der Waals surface area contributed by atoms with Crippen LogP contribution >= 0.6 is 0 Å². The average Bonchev–Trinajstić information content (AvgIpc) is 2.88. The number of likely N-dealkylation sites (tertiary alicyclic amines) is 2. The molecule has 0 aliphatic carbocycles. The summed E-state index contributed by atoms with van der Waals surface area (Å²) >= 11 is 0. The first-order valence-electron chi connectivity index (χ1n) is 8.89. The van der Waals surface area contributed by atoms with E-state index in [0.717, 1.165) is 50.9 Å². The Bertz CT molecular complexity index is 558. The van der Waals surface area contributed by atoms with E-state index in [9.17, 15) is 4.79 Å². The zero-order valence-corrected chi connectivity index (χ0v) is 14.4. The summed E-state index contributed by atoms with van der Waals surface area (Å²) < 4.78 is 5.48. The van der Waals surface area contributed by atoms with Gasteiger partial charge in [-0.3, -0.25) is 4.98 Å². The predicted molar refractivity (Wildman–Crippen MR) is 91.6 cm³/mol. The van der Waals surface area contributed by atoms with Crippen LogP contribution in [0.15, 0.2) is 18.5 Å². The third kappa shape index (κ3) is 3.80. The monoisotopic (exact) mass is 333 g/mol. The Balaban J connectivity index is 1.56. The van der Waals surface area contributed by atoms with Gasteiger partial charge in [0.15, 0.2) is 0 Å². The number of hydrogen-bond donors (Lipinski definition) is 1. The van der Waals surface area contributed by atoms with E-state index in [0.29, 0.717) is 25.0 Å². The van der Waals surface area contributed by atoms with Gasteiger partial charge in [-0.1, -0.05) is 0 Å². The molecule has 24 heavy (non-hydrogen) atoms. The first-order valence-corrected chi connectivity index (χ1v) is 8.89. The van der Waals surface area contributed by atoms with Crippen molar-refractivity contribution >= 4 is 6.09 Å². The SMILES string of the molecule is COc1ccncc1C1CCN(C2CCCN(C(=O)O)CC2)CC1. The van der Waals surface area contributed by atoms with E-state index < -0.39 is 6.09 Å². The van der Waals surface area contributed by atoms with Gasteiger partial charge in [0.1, 0.15) is 5.75 Å². The number of amides is 1. The molecule has 6 nitrogen and oxygen atoms in total. The maximum absolute atomic E-state index is 11.1. The Morgan fingerprint density at radius 2 is 2.00 bits per heavy atom. The number of nitrogens with zero attached hydrogens (tertiary/aromatic N) is 3. The first-order chi connectivity index (χ1) is 11.7. The Morgan fingerprint density at radius 3 is 2.71 bits per heavy atom. The largest absolute Gasteiger partial charge is 0.496 e. The summed E-state index contributed by atoms with van der Waals surface area (Å²) in [5.41, 5.74) is 1.22. The van der Waals surface area contributed by atoms with Crippen LogP contribution in [0.3, 0.4) is 0 Å². The highest BCUT2D eigenvalue weighted by Crippen LogP contribution is 2.34. The minimum Gasteiger partial charge on any atom is -0.496 e. The molecule has 3 rings (SSSR count). The van der Waals surface area contributed by atoms with Crippen molar-refractivity contribution in [2.24, 2.45) is 0 Å². The van der Waals surface area contributed by atoms with E-state index in [2.05, 4.69) is 9.88 Å². The number of rotatable bonds is 3. The van der Waals surface area contributed by atoms with Gasteiger partial charge in [0.25, 0.3) is 0 Å². The second kappa shape index (κ2) is 7.83. The molecule has 2 saturated heterocycles. The van der Waals surface area contributed by atoms with Crippen molar-refractivity contribution in [3.8, 4) is 5.75 Å². The van der Waals surface area contributed by atoms with Gasteiger partial charge in [-0.15, -0.1) is 0 Å². The van der Waals surface area contributed by atoms with Crippen molar-refractivity contribution in [1.82, 2.24) is 14.8 Å². The molecule has 0 aromatic carbocycles. The summed E-state index contributed by atoms with van der Waals surface area (Å²) in [6.07, 6.45) is 8.18. The zero-order chi connectivity index (χ0) is 16.9. The normalized spacial score (nSPS) is 23.7. The van der Waals surface area contributed by atoms with Crippen molar-refractivity contribution in [3.05, 3.63) is 24.0 Å². The van der Waals surface area contributed by atoms with Crippen LogP contribution in [0.2, 0.25) is 0 Å². The van der Waals surface area contributed by atoms with Crippen LogP contribution in [0.1, 0.15) is 43.6 Å². The van der Waals surface area contributed by atoms with Crippen LogP contribution in [0.4, 0.5) is 4.79 Å². The molecule has 6 heteroatoms. The highest BCUT2D eigenvalue weighted by atomic mass is 16.5. The number of ether oxygens (including phenoxy) is 1. The van der Waals surface area contributed by atoms with Crippen molar-refractivity contribution in [1.29, 1.82) is 0 Å². The van der Waals surface area contributed by atoms with Crippen molar-refractivity contribution in [2.75, 3.05) is 33.3 Å². The number of pyridine rings is 1. The molecule has 1 amide bonds. The standard InChI is InChI=1S/C18H27N3O3/c1-24-17-4-8-19-13-16(17)14-5-10-20(11-6-14)15-3-2-9-21(12-7-15)18(22)23/h4,8,13-15H,2-3,5-7,9-12H2,1H3,(H,22,23). The summed E-state index contributed by atoms with van der Waals surface area (Å²) in [5.74, 6) is 1.45. The Kier molecular flexibility index (Phi) is 5.56. The lowest BCUT2D eigenvalue weighted by molar-refractivity contribution is 0.131. The van der Waals surface area contributed by atoms with E-state index in [1.807, 2.05) is 12.3 Å². The van der Waals surface area contributed by atoms with Crippen molar-refractivity contribution in [3.63, 3.8) is 0 Å². The maximum Gasteiger partial charge on any atom is 0.407 e.